The first-order valence-electron chi connectivity index (χ1n) is 9.93. The van der Waals surface area contributed by atoms with Crippen molar-refractivity contribution in [3.8, 4) is 11.1 Å². The van der Waals surface area contributed by atoms with Crippen LogP contribution in [0.15, 0.2) is 79.9 Å². The average Bonchev–Trinajstić information content (AvgIpc) is 2.79. The standard InChI is InChI=1S/C24H29N3O3/c1-3-5-9-17-27(16-4-2)18-22(24(29)26-30)25-23(28)21-14-12-20(13-15-21)19-10-7-6-8-11-19/h3-4,6-8,10-15,22,30H,1-2,5,9,16-18H2,(H,25,28)(H,26,29)/t22-/m0/s1. The minimum Gasteiger partial charge on any atom is -0.339 e. The number of carbonyl (C=O) groups is 2. The third-order valence-corrected chi connectivity index (χ3v) is 4.70. The number of unbranched alkanes of at least 4 members (excludes halogenated alkanes) is 1. The number of carbonyl (C=O) groups excluding carboxylic acids is 2. The van der Waals surface area contributed by atoms with Gasteiger partial charge >= 0.3 is 0 Å². The van der Waals surface area contributed by atoms with Gasteiger partial charge in [-0.15, -0.1) is 13.2 Å². The van der Waals surface area contributed by atoms with E-state index in [2.05, 4.69) is 18.5 Å². The van der Waals surface area contributed by atoms with Gasteiger partial charge in [0.25, 0.3) is 11.8 Å². The summed E-state index contributed by atoms with van der Waals surface area (Å²) in [6.07, 6.45) is 5.31. The normalized spacial score (nSPS) is 11.5. The summed E-state index contributed by atoms with van der Waals surface area (Å²) >= 11 is 0. The smallest absolute Gasteiger partial charge is 0.267 e. The molecule has 0 saturated heterocycles. The van der Waals surface area contributed by atoms with Gasteiger partial charge in [-0.05, 0) is 42.6 Å². The third kappa shape index (κ3) is 6.99. The van der Waals surface area contributed by atoms with E-state index in [4.69, 9.17) is 5.21 Å². The Balaban J connectivity index is 2.07. The molecule has 0 aliphatic heterocycles. The van der Waals surface area contributed by atoms with Gasteiger partial charge in [-0.3, -0.25) is 19.7 Å². The van der Waals surface area contributed by atoms with Gasteiger partial charge in [0.05, 0.1) is 0 Å². The fourth-order valence-electron chi connectivity index (χ4n) is 3.12. The van der Waals surface area contributed by atoms with Crippen LogP contribution < -0.4 is 10.8 Å². The van der Waals surface area contributed by atoms with Crippen molar-refractivity contribution in [3.63, 3.8) is 0 Å². The van der Waals surface area contributed by atoms with Crippen LogP contribution in [0.5, 0.6) is 0 Å². The van der Waals surface area contributed by atoms with E-state index in [0.717, 1.165) is 30.5 Å². The zero-order chi connectivity index (χ0) is 21.8. The minimum absolute atomic E-state index is 0.253. The van der Waals surface area contributed by atoms with Crippen molar-refractivity contribution in [2.24, 2.45) is 0 Å². The summed E-state index contributed by atoms with van der Waals surface area (Å²) < 4.78 is 0. The van der Waals surface area contributed by atoms with E-state index >= 15 is 0 Å². The molecule has 0 heterocycles. The van der Waals surface area contributed by atoms with Gasteiger partial charge in [0.1, 0.15) is 6.04 Å². The quantitative estimate of drug-likeness (QED) is 0.218. The fraction of sp³-hybridized carbons (Fsp3) is 0.250. The summed E-state index contributed by atoms with van der Waals surface area (Å²) in [4.78, 5) is 26.8. The van der Waals surface area contributed by atoms with Crippen LogP contribution >= 0.6 is 0 Å². The number of hydrogen-bond donors (Lipinski definition) is 3. The number of hydrogen-bond acceptors (Lipinski definition) is 4. The van der Waals surface area contributed by atoms with Crippen LogP contribution in [0.3, 0.4) is 0 Å². The number of rotatable bonds is 12. The highest BCUT2D eigenvalue weighted by molar-refractivity contribution is 5.97. The van der Waals surface area contributed by atoms with Gasteiger partial charge in [0, 0.05) is 18.7 Å². The fourth-order valence-corrected chi connectivity index (χ4v) is 3.12. The van der Waals surface area contributed by atoms with E-state index in [9.17, 15) is 9.59 Å². The number of benzene rings is 2. The molecule has 158 valence electrons. The molecule has 3 N–H and O–H groups in total. The van der Waals surface area contributed by atoms with Crippen molar-refractivity contribution >= 4 is 11.8 Å². The van der Waals surface area contributed by atoms with E-state index < -0.39 is 11.9 Å². The maximum atomic E-state index is 12.7. The van der Waals surface area contributed by atoms with Gasteiger partial charge in [-0.25, -0.2) is 5.48 Å². The third-order valence-electron chi connectivity index (χ3n) is 4.70. The number of nitrogens with zero attached hydrogens (tertiary/aromatic N) is 1. The van der Waals surface area contributed by atoms with Gasteiger partial charge in [-0.2, -0.15) is 0 Å². The van der Waals surface area contributed by atoms with Crippen LogP contribution in [-0.4, -0.2) is 47.6 Å². The molecule has 30 heavy (non-hydrogen) atoms. The van der Waals surface area contributed by atoms with Crippen LogP contribution in [0.1, 0.15) is 23.2 Å². The Morgan fingerprint density at radius 2 is 1.67 bits per heavy atom. The molecule has 6 nitrogen and oxygen atoms in total. The molecule has 0 aliphatic rings. The molecule has 2 aromatic carbocycles. The summed E-state index contributed by atoms with van der Waals surface area (Å²) in [7, 11) is 0. The minimum atomic E-state index is -0.903. The molecule has 0 aromatic heterocycles. The van der Waals surface area contributed by atoms with Gasteiger partial charge < -0.3 is 5.32 Å². The first-order valence-corrected chi connectivity index (χ1v) is 9.93. The Hall–Kier alpha value is -3.22. The molecule has 2 amide bonds. The highest BCUT2D eigenvalue weighted by Crippen LogP contribution is 2.19. The van der Waals surface area contributed by atoms with E-state index in [1.54, 1.807) is 23.7 Å². The van der Waals surface area contributed by atoms with E-state index in [1.807, 2.05) is 53.4 Å². The molecule has 2 rings (SSSR count). The lowest BCUT2D eigenvalue weighted by molar-refractivity contribution is -0.131. The Labute approximate surface area is 177 Å². The number of nitrogens with one attached hydrogen (secondary N) is 2. The lowest BCUT2D eigenvalue weighted by atomic mass is 10.0. The summed E-state index contributed by atoms with van der Waals surface area (Å²) in [6.45, 7) is 8.99. The maximum absolute atomic E-state index is 12.7. The van der Waals surface area contributed by atoms with Crippen LogP contribution in [-0.2, 0) is 4.79 Å². The van der Waals surface area contributed by atoms with Crippen molar-refractivity contribution in [2.45, 2.75) is 18.9 Å². The molecular weight excluding hydrogens is 378 g/mol. The van der Waals surface area contributed by atoms with Crippen LogP contribution in [0.2, 0.25) is 0 Å². The Morgan fingerprint density at radius 3 is 2.27 bits per heavy atom. The first-order chi connectivity index (χ1) is 14.6. The second-order valence-electron chi connectivity index (χ2n) is 6.92. The number of allylic oxidation sites excluding steroid dienone is 1. The maximum Gasteiger partial charge on any atom is 0.267 e. The Morgan fingerprint density at radius 1 is 1.00 bits per heavy atom. The van der Waals surface area contributed by atoms with Crippen molar-refractivity contribution in [3.05, 3.63) is 85.5 Å². The van der Waals surface area contributed by atoms with Crippen LogP contribution in [0, 0.1) is 0 Å². The van der Waals surface area contributed by atoms with E-state index in [-0.39, 0.29) is 12.5 Å². The predicted molar refractivity (Wildman–Crippen MR) is 119 cm³/mol. The molecule has 0 bridgehead atoms. The SMILES string of the molecule is C=CCCCN(CC=C)C[C@H](NC(=O)c1ccc(-c2ccccc2)cc1)C(=O)NO. The van der Waals surface area contributed by atoms with Gasteiger partial charge in [0.15, 0.2) is 0 Å². The van der Waals surface area contributed by atoms with E-state index in [1.165, 1.54) is 0 Å². The second-order valence-corrected chi connectivity index (χ2v) is 6.92. The van der Waals surface area contributed by atoms with Gasteiger partial charge in [0.2, 0.25) is 0 Å². The summed E-state index contributed by atoms with van der Waals surface area (Å²) in [5.74, 6) is -1.05. The molecule has 1 atom stereocenters. The van der Waals surface area contributed by atoms with Crippen LogP contribution in [0.25, 0.3) is 11.1 Å². The lowest BCUT2D eigenvalue weighted by Gasteiger charge is -2.26. The van der Waals surface area contributed by atoms with Gasteiger partial charge in [-0.1, -0.05) is 54.6 Å². The largest absolute Gasteiger partial charge is 0.339 e. The topological polar surface area (TPSA) is 81.7 Å². The summed E-state index contributed by atoms with van der Waals surface area (Å²) in [5, 5.41) is 11.8. The summed E-state index contributed by atoms with van der Waals surface area (Å²) in [6, 6.07) is 16.1. The second kappa shape index (κ2) is 12.4. The molecule has 0 unspecified atom stereocenters. The molecule has 0 fully saturated rings. The Bertz CT molecular complexity index is 835. The molecule has 0 radical (unpaired) electrons. The number of amides is 2. The molecule has 6 heteroatoms. The molecular formula is C24H29N3O3. The van der Waals surface area contributed by atoms with E-state index in [0.29, 0.717) is 12.1 Å². The average molecular weight is 408 g/mol. The first kappa shape index (κ1) is 23.1. The van der Waals surface area contributed by atoms with Crippen molar-refractivity contribution < 1.29 is 14.8 Å². The van der Waals surface area contributed by atoms with Crippen molar-refractivity contribution in [2.75, 3.05) is 19.6 Å². The molecule has 0 spiro atoms. The lowest BCUT2D eigenvalue weighted by Crippen LogP contribution is -2.52. The highest BCUT2D eigenvalue weighted by Gasteiger charge is 2.23. The monoisotopic (exact) mass is 407 g/mol. The highest BCUT2D eigenvalue weighted by atomic mass is 16.5. The zero-order valence-electron chi connectivity index (χ0n) is 17.1. The number of hydroxylamine groups is 1. The summed E-state index contributed by atoms with van der Waals surface area (Å²) in [5.41, 5.74) is 4.14. The molecule has 0 aliphatic carbocycles. The molecule has 2 aromatic rings. The Kier molecular flexibility index (Phi) is 9.51. The molecule has 0 saturated carbocycles. The predicted octanol–water partition coefficient (Wildman–Crippen LogP) is 3.41. The van der Waals surface area contributed by atoms with Crippen LogP contribution in [0.4, 0.5) is 0 Å². The van der Waals surface area contributed by atoms with Crippen molar-refractivity contribution in [1.82, 2.24) is 15.7 Å². The van der Waals surface area contributed by atoms with Crippen molar-refractivity contribution in [1.29, 1.82) is 0 Å². The zero-order valence-corrected chi connectivity index (χ0v) is 17.1.